The molecule has 8 nitrogen and oxygen atoms in total. The molecule has 0 bridgehead atoms. The van der Waals surface area contributed by atoms with E-state index < -0.39 is 18.5 Å². The van der Waals surface area contributed by atoms with Crippen molar-refractivity contribution >= 4 is 29.2 Å². The third kappa shape index (κ3) is 5.31. The zero-order valence-corrected chi connectivity index (χ0v) is 18.5. The maximum absolute atomic E-state index is 12.8. The minimum atomic E-state index is -0.657. The molecule has 9 heteroatoms. The number of carbonyl (C=O) groups excluding carboxylic acids is 2. The second-order valence-corrected chi connectivity index (χ2v) is 7.64. The Bertz CT molecular complexity index is 1140. The molecule has 0 aliphatic heterocycles. The quantitative estimate of drug-likeness (QED) is 0.477. The van der Waals surface area contributed by atoms with Crippen LogP contribution in [0.4, 0.5) is 5.69 Å². The van der Waals surface area contributed by atoms with E-state index in [1.807, 2.05) is 26.0 Å². The van der Waals surface area contributed by atoms with E-state index in [2.05, 4.69) is 10.1 Å². The Labute approximate surface area is 191 Å². The van der Waals surface area contributed by atoms with Crippen LogP contribution in [0, 0.1) is 11.3 Å². The number of hydrogen-bond acceptors (Lipinski definition) is 6. The van der Waals surface area contributed by atoms with Gasteiger partial charge in [0.25, 0.3) is 5.91 Å². The lowest BCUT2D eigenvalue weighted by atomic mass is 10.1. The van der Waals surface area contributed by atoms with Gasteiger partial charge in [-0.15, -0.1) is 0 Å². The van der Waals surface area contributed by atoms with Crippen molar-refractivity contribution in [2.75, 3.05) is 18.1 Å². The van der Waals surface area contributed by atoms with E-state index in [1.54, 1.807) is 47.3 Å². The molecule has 0 radical (unpaired) electrons. The van der Waals surface area contributed by atoms with Crippen molar-refractivity contribution in [1.82, 2.24) is 14.8 Å². The highest BCUT2D eigenvalue weighted by Gasteiger charge is 2.24. The van der Waals surface area contributed by atoms with Crippen molar-refractivity contribution in [2.24, 2.45) is 0 Å². The van der Waals surface area contributed by atoms with Crippen LogP contribution in [-0.4, -0.2) is 39.8 Å². The van der Waals surface area contributed by atoms with E-state index in [0.717, 1.165) is 0 Å². The molecule has 1 aromatic carbocycles. The summed E-state index contributed by atoms with van der Waals surface area (Å²) in [6.45, 7) is 3.54. The first-order valence-electron chi connectivity index (χ1n) is 10.0. The van der Waals surface area contributed by atoms with Crippen LogP contribution in [0.15, 0.2) is 54.9 Å². The van der Waals surface area contributed by atoms with Gasteiger partial charge in [0.05, 0.1) is 24.4 Å². The molecular weight excluding hydrogens is 430 g/mol. The normalized spacial score (nSPS) is 10.6. The van der Waals surface area contributed by atoms with Crippen LogP contribution in [-0.2, 0) is 9.53 Å². The number of nitriles is 1. The lowest BCUT2D eigenvalue weighted by Crippen LogP contribution is -2.35. The van der Waals surface area contributed by atoms with Crippen LogP contribution < -0.4 is 4.90 Å². The molecule has 0 unspecified atom stereocenters. The monoisotopic (exact) mass is 451 g/mol. The molecule has 0 aliphatic rings. The third-order valence-electron chi connectivity index (χ3n) is 4.63. The van der Waals surface area contributed by atoms with Gasteiger partial charge in [-0.25, -0.2) is 14.5 Å². The van der Waals surface area contributed by atoms with E-state index in [-0.39, 0.29) is 24.4 Å². The molecule has 164 valence electrons. The number of pyridine rings is 1. The molecule has 0 spiro atoms. The van der Waals surface area contributed by atoms with Crippen LogP contribution in [0.25, 0.3) is 5.82 Å². The van der Waals surface area contributed by atoms with Gasteiger partial charge in [-0.05, 0) is 36.2 Å². The first kappa shape index (κ1) is 23.0. The van der Waals surface area contributed by atoms with Crippen LogP contribution in [0.2, 0.25) is 5.02 Å². The summed E-state index contributed by atoms with van der Waals surface area (Å²) < 4.78 is 6.91. The zero-order valence-electron chi connectivity index (χ0n) is 17.7. The summed E-state index contributed by atoms with van der Waals surface area (Å²) in [5, 5.41) is 13.7. The first-order chi connectivity index (χ1) is 15.4. The molecular formula is C23H22ClN5O3. The van der Waals surface area contributed by atoms with Crippen LogP contribution in [0.5, 0.6) is 0 Å². The smallest absolute Gasteiger partial charge is 0.342 e. The number of hydrogen-bond donors (Lipinski definition) is 0. The number of rotatable bonds is 8. The van der Waals surface area contributed by atoms with Gasteiger partial charge in [-0.2, -0.15) is 10.4 Å². The van der Waals surface area contributed by atoms with Gasteiger partial charge in [0.15, 0.2) is 12.4 Å². The van der Waals surface area contributed by atoms with Gasteiger partial charge in [0, 0.05) is 23.5 Å². The van der Waals surface area contributed by atoms with Gasteiger partial charge >= 0.3 is 5.97 Å². The summed E-state index contributed by atoms with van der Waals surface area (Å²) >= 11 is 6.03. The average molecular weight is 452 g/mol. The number of amides is 1. The highest BCUT2D eigenvalue weighted by Crippen LogP contribution is 2.23. The fourth-order valence-electron chi connectivity index (χ4n) is 3.22. The van der Waals surface area contributed by atoms with E-state index in [0.29, 0.717) is 22.2 Å². The average Bonchev–Trinajstić information content (AvgIpc) is 3.24. The predicted octanol–water partition coefficient (Wildman–Crippen LogP) is 4.15. The maximum atomic E-state index is 12.8. The van der Waals surface area contributed by atoms with Gasteiger partial charge in [-0.3, -0.25) is 4.79 Å². The Hall–Kier alpha value is -3.70. The molecule has 0 saturated carbocycles. The van der Waals surface area contributed by atoms with Gasteiger partial charge < -0.3 is 9.64 Å². The molecule has 1 amide bonds. The summed E-state index contributed by atoms with van der Waals surface area (Å²) in [5.41, 5.74) is 1.43. The number of benzene rings is 1. The van der Waals surface area contributed by atoms with Crippen molar-refractivity contribution in [3.63, 3.8) is 0 Å². The molecule has 0 aliphatic carbocycles. The molecule has 2 heterocycles. The summed E-state index contributed by atoms with van der Waals surface area (Å²) in [6, 6.07) is 14.1. The molecule has 0 N–H and O–H groups in total. The van der Waals surface area contributed by atoms with Crippen molar-refractivity contribution in [1.29, 1.82) is 5.26 Å². The Kier molecular flexibility index (Phi) is 7.58. The molecule has 3 aromatic rings. The number of nitrogens with zero attached hydrogens (tertiary/aromatic N) is 5. The van der Waals surface area contributed by atoms with Gasteiger partial charge in [0.2, 0.25) is 0 Å². The first-order valence-corrected chi connectivity index (χ1v) is 10.4. The number of ether oxygens (including phenoxy) is 1. The second-order valence-electron chi connectivity index (χ2n) is 7.21. The number of esters is 1. The lowest BCUT2D eigenvalue weighted by molar-refractivity contribution is -0.121. The van der Waals surface area contributed by atoms with Crippen molar-refractivity contribution in [2.45, 2.75) is 26.2 Å². The Morgan fingerprint density at radius 1 is 1.25 bits per heavy atom. The van der Waals surface area contributed by atoms with Crippen molar-refractivity contribution in [3.8, 4) is 11.9 Å². The maximum Gasteiger partial charge on any atom is 0.342 e. The zero-order chi connectivity index (χ0) is 23.1. The lowest BCUT2D eigenvalue weighted by Gasteiger charge is -2.22. The molecule has 0 saturated heterocycles. The van der Waals surface area contributed by atoms with Crippen molar-refractivity contribution < 1.29 is 14.3 Å². The van der Waals surface area contributed by atoms with Crippen LogP contribution in [0.3, 0.4) is 0 Å². The van der Waals surface area contributed by atoms with Crippen LogP contribution >= 0.6 is 11.6 Å². The van der Waals surface area contributed by atoms with E-state index in [9.17, 15) is 9.59 Å². The number of halogens is 1. The number of anilines is 1. The Morgan fingerprint density at radius 3 is 2.72 bits per heavy atom. The molecule has 0 fully saturated rings. The van der Waals surface area contributed by atoms with E-state index in [1.165, 1.54) is 11.1 Å². The molecule has 3 rings (SSSR count). The summed E-state index contributed by atoms with van der Waals surface area (Å²) in [7, 11) is 0. The number of carbonyl (C=O) groups is 2. The van der Waals surface area contributed by atoms with E-state index in [4.69, 9.17) is 21.6 Å². The topological polar surface area (TPSA) is 101 Å². The molecule has 2 aromatic heterocycles. The standard InChI is InChI=1S/C23H22ClN5O3/c1-16(2)22-19(14-27-29(22)20-9-3-4-11-26-20)23(31)32-15-21(30)28(12-6-10-25)18-8-5-7-17(24)13-18/h3-5,7-9,11,13-14,16H,6,12,15H2,1-2H3. The summed E-state index contributed by atoms with van der Waals surface area (Å²) in [4.78, 5) is 31.3. The minimum absolute atomic E-state index is 0.0451. The van der Waals surface area contributed by atoms with Crippen LogP contribution in [0.1, 0.15) is 42.2 Å². The van der Waals surface area contributed by atoms with Gasteiger partial charge in [-0.1, -0.05) is 37.6 Å². The third-order valence-corrected chi connectivity index (χ3v) is 4.87. The molecule has 32 heavy (non-hydrogen) atoms. The highest BCUT2D eigenvalue weighted by atomic mass is 35.5. The Balaban J connectivity index is 1.77. The SMILES string of the molecule is CC(C)c1c(C(=O)OCC(=O)N(CCC#N)c2cccc(Cl)c2)cnn1-c1ccccn1. The van der Waals surface area contributed by atoms with Crippen molar-refractivity contribution in [3.05, 3.63) is 71.1 Å². The summed E-state index contributed by atoms with van der Waals surface area (Å²) in [6.07, 6.45) is 3.19. The highest BCUT2D eigenvalue weighted by molar-refractivity contribution is 6.30. The largest absolute Gasteiger partial charge is 0.452 e. The second kappa shape index (κ2) is 10.6. The molecule has 0 atom stereocenters. The number of aromatic nitrogens is 3. The minimum Gasteiger partial charge on any atom is -0.452 e. The fraction of sp³-hybridized carbons (Fsp3) is 0.261. The Morgan fingerprint density at radius 2 is 2.06 bits per heavy atom. The fourth-order valence-corrected chi connectivity index (χ4v) is 3.40. The predicted molar refractivity (Wildman–Crippen MR) is 120 cm³/mol. The summed E-state index contributed by atoms with van der Waals surface area (Å²) in [5.74, 6) is -0.582. The van der Waals surface area contributed by atoms with E-state index >= 15 is 0 Å². The van der Waals surface area contributed by atoms with Gasteiger partial charge in [0.1, 0.15) is 5.56 Å².